The summed E-state index contributed by atoms with van der Waals surface area (Å²) in [6, 6.07) is 17.3. The molecule has 0 spiro atoms. The van der Waals surface area contributed by atoms with Gasteiger partial charge in [-0.1, -0.05) is 26.2 Å². The van der Waals surface area contributed by atoms with Crippen LogP contribution in [0.4, 0.5) is 0 Å². The highest BCUT2D eigenvalue weighted by Crippen LogP contribution is 2.20. The number of carbonyl (C=O) groups excluding carboxylic acids is 2. The van der Waals surface area contributed by atoms with Crippen molar-refractivity contribution in [2.24, 2.45) is 0 Å². The first kappa shape index (κ1) is 22.6. The second-order valence-electron chi connectivity index (χ2n) is 6.96. The molecule has 32 heavy (non-hydrogen) atoms. The molecule has 0 saturated heterocycles. The maximum atomic E-state index is 12.4. The maximum absolute atomic E-state index is 12.4. The highest BCUT2D eigenvalue weighted by molar-refractivity contribution is 5.91. The van der Waals surface area contributed by atoms with Crippen LogP contribution in [0, 0.1) is 11.3 Å². The minimum absolute atomic E-state index is 0.0154. The zero-order valence-corrected chi connectivity index (χ0v) is 17.7. The highest BCUT2D eigenvalue weighted by atomic mass is 16.5. The van der Waals surface area contributed by atoms with E-state index in [2.05, 4.69) is 6.92 Å². The smallest absolute Gasteiger partial charge is 0.379 e. The van der Waals surface area contributed by atoms with Crippen LogP contribution in [-0.4, -0.2) is 18.5 Å². The van der Waals surface area contributed by atoms with Crippen molar-refractivity contribution in [1.82, 2.24) is 0 Å². The molecule has 7 nitrogen and oxygen atoms in total. The van der Waals surface area contributed by atoms with E-state index < -0.39 is 11.9 Å². The summed E-state index contributed by atoms with van der Waals surface area (Å²) >= 11 is 0. The number of benzene rings is 2. The van der Waals surface area contributed by atoms with E-state index in [0.717, 1.165) is 18.6 Å². The first-order valence-electron chi connectivity index (χ1n) is 10.4. The third kappa shape index (κ3) is 6.47. The van der Waals surface area contributed by atoms with Crippen molar-refractivity contribution in [2.45, 2.75) is 32.6 Å². The molecule has 0 atom stereocenters. The Morgan fingerprint density at radius 3 is 2.06 bits per heavy atom. The average molecular weight is 433 g/mol. The average Bonchev–Trinajstić information content (AvgIpc) is 3.30. The Balaban J connectivity index is 1.50. The van der Waals surface area contributed by atoms with Crippen LogP contribution < -0.4 is 14.2 Å². The molecule has 164 valence electrons. The maximum Gasteiger partial charge on any atom is 0.379 e. The van der Waals surface area contributed by atoms with E-state index in [0.29, 0.717) is 17.9 Å². The zero-order chi connectivity index (χ0) is 22.8. The van der Waals surface area contributed by atoms with Crippen LogP contribution in [0.25, 0.3) is 0 Å². The number of rotatable bonds is 10. The topological polar surface area (TPSA) is 98.8 Å². The second kappa shape index (κ2) is 11.4. The fourth-order valence-corrected chi connectivity index (χ4v) is 2.81. The molecule has 3 aromatic rings. The van der Waals surface area contributed by atoms with Crippen molar-refractivity contribution in [2.75, 3.05) is 6.61 Å². The number of hydrogen-bond acceptors (Lipinski definition) is 7. The number of nitriles is 1. The quantitative estimate of drug-likeness (QED) is 0.235. The molecule has 0 fully saturated rings. The lowest BCUT2D eigenvalue weighted by atomic mass is 10.2. The normalized spacial score (nSPS) is 10.2. The molecule has 1 aromatic heterocycles. The first-order chi connectivity index (χ1) is 15.6. The van der Waals surface area contributed by atoms with Crippen molar-refractivity contribution in [3.63, 3.8) is 0 Å². The molecule has 0 aliphatic carbocycles. The lowest BCUT2D eigenvalue weighted by Gasteiger charge is -2.08. The van der Waals surface area contributed by atoms with E-state index in [1.807, 2.05) is 0 Å². The van der Waals surface area contributed by atoms with Crippen LogP contribution in [0.2, 0.25) is 0 Å². The standard InChI is InChI=1S/C25H23NO6/c1-2-3-4-5-16-29-19-10-12-21(13-11-19)31-24(27)18-6-8-20(9-7-18)32-25(28)23-15-14-22(17-26)30-23/h6-15H,2-5,16H2,1H3. The molecule has 0 saturated carbocycles. The van der Waals surface area contributed by atoms with Gasteiger partial charge in [-0.05, 0) is 67.1 Å². The summed E-state index contributed by atoms with van der Waals surface area (Å²) < 4.78 is 21.2. The molecule has 7 heteroatoms. The predicted octanol–water partition coefficient (Wildman–Crippen LogP) is 5.55. The number of esters is 2. The van der Waals surface area contributed by atoms with Gasteiger partial charge in [0, 0.05) is 0 Å². The van der Waals surface area contributed by atoms with Gasteiger partial charge in [-0.15, -0.1) is 0 Å². The lowest BCUT2D eigenvalue weighted by Crippen LogP contribution is -2.10. The Hall–Kier alpha value is -4.05. The van der Waals surface area contributed by atoms with E-state index >= 15 is 0 Å². The third-order valence-corrected chi connectivity index (χ3v) is 4.52. The molecule has 3 rings (SSSR count). The van der Waals surface area contributed by atoms with Crippen molar-refractivity contribution in [1.29, 1.82) is 5.26 Å². The Labute approximate surface area is 186 Å². The van der Waals surface area contributed by atoms with Crippen LogP contribution >= 0.6 is 0 Å². The number of unbranched alkanes of at least 4 members (excludes halogenated alkanes) is 3. The Bertz CT molecular complexity index is 1080. The molecule has 2 aromatic carbocycles. The zero-order valence-electron chi connectivity index (χ0n) is 17.7. The van der Waals surface area contributed by atoms with Gasteiger partial charge in [0.25, 0.3) is 0 Å². The number of hydrogen-bond donors (Lipinski definition) is 0. The summed E-state index contributed by atoms with van der Waals surface area (Å²) in [5, 5.41) is 8.74. The molecule has 0 aliphatic rings. The molecular formula is C25H23NO6. The largest absolute Gasteiger partial charge is 0.494 e. The summed E-state index contributed by atoms with van der Waals surface area (Å²) in [7, 11) is 0. The van der Waals surface area contributed by atoms with Gasteiger partial charge in [-0.2, -0.15) is 5.26 Å². The van der Waals surface area contributed by atoms with E-state index in [4.69, 9.17) is 23.9 Å². The van der Waals surface area contributed by atoms with Crippen LogP contribution in [0.15, 0.2) is 65.1 Å². The van der Waals surface area contributed by atoms with Gasteiger partial charge in [-0.3, -0.25) is 0 Å². The van der Waals surface area contributed by atoms with E-state index in [1.165, 1.54) is 49.2 Å². The summed E-state index contributed by atoms with van der Waals surface area (Å²) in [5.41, 5.74) is 0.297. The number of furan rings is 1. The minimum Gasteiger partial charge on any atom is -0.494 e. The van der Waals surface area contributed by atoms with Gasteiger partial charge in [0.15, 0.2) is 0 Å². The lowest BCUT2D eigenvalue weighted by molar-refractivity contribution is 0.0700. The Kier molecular flexibility index (Phi) is 8.04. The minimum atomic E-state index is -0.741. The van der Waals surface area contributed by atoms with Crippen LogP contribution in [-0.2, 0) is 0 Å². The van der Waals surface area contributed by atoms with Crippen LogP contribution in [0.1, 0.15) is 59.3 Å². The van der Waals surface area contributed by atoms with E-state index in [9.17, 15) is 9.59 Å². The van der Waals surface area contributed by atoms with Crippen LogP contribution in [0.5, 0.6) is 17.2 Å². The third-order valence-electron chi connectivity index (χ3n) is 4.52. The molecule has 0 N–H and O–H groups in total. The number of carbonyl (C=O) groups is 2. The van der Waals surface area contributed by atoms with Gasteiger partial charge < -0.3 is 18.6 Å². The molecule has 0 unspecified atom stereocenters. The molecule has 0 amide bonds. The first-order valence-corrected chi connectivity index (χ1v) is 10.4. The van der Waals surface area contributed by atoms with Crippen molar-refractivity contribution >= 4 is 11.9 Å². The second-order valence-corrected chi connectivity index (χ2v) is 6.96. The molecule has 0 radical (unpaired) electrons. The summed E-state index contributed by atoms with van der Waals surface area (Å²) in [5.74, 6) is -0.00176. The van der Waals surface area contributed by atoms with E-state index in [-0.39, 0.29) is 17.3 Å². The molecular weight excluding hydrogens is 410 g/mol. The molecule has 0 aliphatic heterocycles. The van der Waals surface area contributed by atoms with Crippen LogP contribution in [0.3, 0.4) is 0 Å². The predicted molar refractivity (Wildman–Crippen MR) is 116 cm³/mol. The fraction of sp³-hybridized carbons (Fsp3) is 0.240. The van der Waals surface area contributed by atoms with Crippen molar-refractivity contribution in [3.8, 4) is 23.3 Å². The molecule has 1 heterocycles. The fourth-order valence-electron chi connectivity index (χ4n) is 2.81. The van der Waals surface area contributed by atoms with Gasteiger partial charge in [0.1, 0.15) is 23.3 Å². The number of ether oxygens (including phenoxy) is 3. The van der Waals surface area contributed by atoms with Gasteiger partial charge in [-0.25, -0.2) is 9.59 Å². The van der Waals surface area contributed by atoms with Gasteiger partial charge in [0.2, 0.25) is 11.5 Å². The SMILES string of the molecule is CCCCCCOc1ccc(OC(=O)c2ccc(OC(=O)c3ccc(C#N)o3)cc2)cc1. The number of nitrogens with zero attached hydrogens (tertiary/aromatic N) is 1. The Morgan fingerprint density at radius 1 is 0.812 bits per heavy atom. The van der Waals surface area contributed by atoms with Crippen molar-refractivity contribution in [3.05, 3.63) is 77.7 Å². The monoisotopic (exact) mass is 433 g/mol. The van der Waals surface area contributed by atoms with Crippen molar-refractivity contribution < 1.29 is 28.2 Å². The Morgan fingerprint density at radius 2 is 1.44 bits per heavy atom. The van der Waals surface area contributed by atoms with Gasteiger partial charge in [0.05, 0.1) is 12.2 Å². The molecule has 0 bridgehead atoms. The summed E-state index contributed by atoms with van der Waals surface area (Å²) in [6.07, 6.45) is 4.55. The highest BCUT2D eigenvalue weighted by Gasteiger charge is 2.15. The van der Waals surface area contributed by atoms with E-state index in [1.54, 1.807) is 30.3 Å². The summed E-state index contributed by atoms with van der Waals surface area (Å²) in [6.45, 7) is 2.83. The summed E-state index contributed by atoms with van der Waals surface area (Å²) in [4.78, 5) is 24.4. The van der Waals surface area contributed by atoms with Gasteiger partial charge >= 0.3 is 11.9 Å².